The van der Waals surface area contributed by atoms with E-state index in [1.165, 1.54) is 12.3 Å². The van der Waals surface area contributed by atoms with Gasteiger partial charge < -0.3 is 0 Å². The number of aromatic nitrogens is 1. The van der Waals surface area contributed by atoms with E-state index in [0.29, 0.717) is 0 Å². The average Bonchev–Trinajstić information content (AvgIpc) is 2.04. The highest BCUT2D eigenvalue weighted by Crippen LogP contribution is 2.28. The summed E-state index contributed by atoms with van der Waals surface area (Å²) in [5.74, 6) is 0. The van der Waals surface area contributed by atoms with Gasteiger partial charge in [0.05, 0.1) is 28.8 Å². The molecule has 0 aromatic carbocycles. The van der Waals surface area contributed by atoms with E-state index in [9.17, 15) is 8.78 Å². The number of rotatable bonds is 2. The van der Waals surface area contributed by atoms with E-state index in [2.05, 4.69) is 4.98 Å². The van der Waals surface area contributed by atoms with Crippen LogP contribution < -0.4 is 0 Å². The molecule has 0 fully saturated rings. The molecule has 2 nitrogen and oxygen atoms in total. The molecule has 5 heteroatoms. The molecule has 0 bridgehead atoms. The Bertz CT molecular complexity index is 346. The number of nitrogens with zero attached hydrogens (tertiary/aromatic N) is 2. The van der Waals surface area contributed by atoms with E-state index in [1.807, 2.05) is 0 Å². The molecule has 0 aliphatic carbocycles. The lowest BCUT2D eigenvalue weighted by Crippen LogP contribution is -1.98. The van der Waals surface area contributed by atoms with Gasteiger partial charge in [0.2, 0.25) is 0 Å². The Morgan fingerprint density at radius 3 is 2.85 bits per heavy atom. The van der Waals surface area contributed by atoms with E-state index in [-0.39, 0.29) is 22.7 Å². The summed E-state index contributed by atoms with van der Waals surface area (Å²) in [5, 5.41) is 8.29. The molecule has 0 atom stereocenters. The van der Waals surface area contributed by atoms with Crippen molar-refractivity contribution in [3.63, 3.8) is 0 Å². The maximum atomic E-state index is 12.4. The fourth-order valence-electron chi connectivity index (χ4n) is 0.936. The number of alkyl halides is 2. The fourth-order valence-corrected chi connectivity index (χ4v) is 1.18. The number of hydrogen-bond acceptors (Lipinski definition) is 2. The summed E-state index contributed by atoms with van der Waals surface area (Å²) < 4.78 is 24.8. The summed E-state index contributed by atoms with van der Waals surface area (Å²) in [6.45, 7) is 0. The molecule has 0 radical (unpaired) electrons. The third-order valence-corrected chi connectivity index (χ3v) is 1.81. The van der Waals surface area contributed by atoms with Gasteiger partial charge in [0, 0.05) is 6.20 Å². The normalized spacial score (nSPS) is 10.1. The molecule has 1 rings (SSSR count). The van der Waals surface area contributed by atoms with Gasteiger partial charge in [-0.15, -0.1) is 0 Å². The average molecular weight is 203 g/mol. The second-order valence-corrected chi connectivity index (χ2v) is 2.70. The molecule has 1 heterocycles. The second kappa shape index (κ2) is 4.15. The molecular weight excluding hydrogens is 198 g/mol. The topological polar surface area (TPSA) is 36.7 Å². The van der Waals surface area contributed by atoms with Crippen LogP contribution in [0.1, 0.15) is 17.7 Å². The van der Waals surface area contributed by atoms with Gasteiger partial charge in [-0.25, -0.2) is 8.78 Å². The van der Waals surface area contributed by atoms with Crippen molar-refractivity contribution in [1.29, 1.82) is 5.26 Å². The largest absolute Gasteiger partial charge is 0.267 e. The summed E-state index contributed by atoms with van der Waals surface area (Å²) >= 11 is 5.53. The van der Waals surface area contributed by atoms with Crippen molar-refractivity contribution in [3.05, 3.63) is 28.5 Å². The maximum absolute atomic E-state index is 12.4. The number of pyridine rings is 1. The van der Waals surface area contributed by atoms with E-state index in [0.717, 1.165) is 0 Å². The van der Waals surface area contributed by atoms with Gasteiger partial charge in [0.1, 0.15) is 0 Å². The first kappa shape index (κ1) is 9.87. The molecule has 0 aliphatic heterocycles. The quantitative estimate of drug-likeness (QED) is 0.740. The van der Waals surface area contributed by atoms with Gasteiger partial charge in [-0.05, 0) is 6.07 Å². The molecule has 0 amide bonds. The standard InChI is InChI=1S/C8H5ClF2N2/c9-5-2-4-13-6(1-3-12)7(5)8(10)11/h2,4,8H,1H2. The van der Waals surface area contributed by atoms with E-state index < -0.39 is 6.43 Å². The van der Waals surface area contributed by atoms with Crippen LogP contribution in [0.5, 0.6) is 0 Å². The number of nitriles is 1. The molecule has 0 spiro atoms. The Morgan fingerprint density at radius 2 is 2.31 bits per heavy atom. The summed E-state index contributed by atoms with van der Waals surface area (Å²) in [6, 6.07) is 3.03. The van der Waals surface area contributed by atoms with Crippen LogP contribution >= 0.6 is 11.6 Å². The fraction of sp³-hybridized carbons (Fsp3) is 0.250. The van der Waals surface area contributed by atoms with Crippen LogP contribution in [-0.4, -0.2) is 4.98 Å². The van der Waals surface area contributed by atoms with E-state index in [4.69, 9.17) is 16.9 Å². The van der Waals surface area contributed by atoms with Crippen LogP contribution in [0.15, 0.2) is 12.3 Å². The van der Waals surface area contributed by atoms with Gasteiger partial charge >= 0.3 is 0 Å². The molecule has 0 unspecified atom stereocenters. The highest BCUT2D eigenvalue weighted by Gasteiger charge is 2.17. The van der Waals surface area contributed by atoms with Crippen molar-refractivity contribution in [3.8, 4) is 6.07 Å². The molecule has 1 aromatic rings. The van der Waals surface area contributed by atoms with Crippen LogP contribution in [0.2, 0.25) is 5.02 Å². The van der Waals surface area contributed by atoms with Gasteiger partial charge in [-0.2, -0.15) is 5.26 Å². The zero-order chi connectivity index (χ0) is 9.84. The Balaban J connectivity index is 3.19. The molecule has 13 heavy (non-hydrogen) atoms. The van der Waals surface area contributed by atoms with E-state index >= 15 is 0 Å². The van der Waals surface area contributed by atoms with Crippen LogP contribution in [-0.2, 0) is 6.42 Å². The summed E-state index contributed by atoms with van der Waals surface area (Å²) in [6.07, 6.45) is -1.54. The minimum atomic E-state index is -2.69. The summed E-state index contributed by atoms with van der Waals surface area (Å²) in [5.41, 5.74) is -0.296. The second-order valence-electron chi connectivity index (χ2n) is 2.29. The molecule has 0 saturated heterocycles. The van der Waals surface area contributed by atoms with Crippen molar-refractivity contribution in [2.24, 2.45) is 0 Å². The molecule has 0 N–H and O–H groups in total. The summed E-state index contributed by atoms with van der Waals surface area (Å²) in [4.78, 5) is 3.66. The van der Waals surface area contributed by atoms with Crippen molar-refractivity contribution < 1.29 is 8.78 Å². The smallest absolute Gasteiger partial charge is 0.260 e. The molecule has 0 saturated carbocycles. The zero-order valence-electron chi connectivity index (χ0n) is 6.47. The van der Waals surface area contributed by atoms with Crippen LogP contribution in [0.25, 0.3) is 0 Å². The lowest BCUT2D eigenvalue weighted by molar-refractivity contribution is 0.150. The molecule has 68 valence electrons. The van der Waals surface area contributed by atoms with Crippen molar-refractivity contribution in [2.45, 2.75) is 12.8 Å². The first-order valence-corrected chi connectivity index (χ1v) is 3.83. The Labute approximate surface area is 78.8 Å². The highest BCUT2D eigenvalue weighted by molar-refractivity contribution is 6.31. The number of hydrogen-bond donors (Lipinski definition) is 0. The van der Waals surface area contributed by atoms with Gasteiger partial charge in [-0.1, -0.05) is 11.6 Å². The monoisotopic (exact) mass is 202 g/mol. The third-order valence-electron chi connectivity index (χ3n) is 1.48. The van der Waals surface area contributed by atoms with Gasteiger partial charge in [-0.3, -0.25) is 4.98 Å². The van der Waals surface area contributed by atoms with E-state index in [1.54, 1.807) is 6.07 Å². The zero-order valence-corrected chi connectivity index (χ0v) is 7.22. The lowest BCUT2D eigenvalue weighted by atomic mass is 10.1. The SMILES string of the molecule is N#CCc1nccc(Cl)c1C(F)F. The van der Waals surface area contributed by atoms with Crippen LogP contribution in [0.3, 0.4) is 0 Å². The van der Waals surface area contributed by atoms with Crippen molar-refractivity contribution in [1.82, 2.24) is 4.98 Å². The first-order valence-electron chi connectivity index (χ1n) is 3.45. The Kier molecular flexibility index (Phi) is 3.15. The maximum Gasteiger partial charge on any atom is 0.267 e. The first-order chi connectivity index (χ1) is 6.16. The van der Waals surface area contributed by atoms with Crippen molar-refractivity contribution >= 4 is 11.6 Å². The Morgan fingerprint density at radius 1 is 1.62 bits per heavy atom. The minimum absolute atomic E-state index is 0.0461. The molecule has 0 aliphatic rings. The van der Waals surface area contributed by atoms with Crippen molar-refractivity contribution in [2.75, 3.05) is 0 Å². The molecular formula is C8H5ClF2N2. The Hall–Kier alpha value is -1.21. The number of halogens is 3. The van der Waals surface area contributed by atoms with Crippen LogP contribution in [0.4, 0.5) is 8.78 Å². The highest BCUT2D eigenvalue weighted by atomic mass is 35.5. The van der Waals surface area contributed by atoms with Gasteiger partial charge in [0.15, 0.2) is 0 Å². The molecule has 1 aromatic heterocycles. The lowest BCUT2D eigenvalue weighted by Gasteiger charge is -2.05. The summed E-state index contributed by atoms with van der Waals surface area (Å²) in [7, 11) is 0. The third kappa shape index (κ3) is 2.13. The van der Waals surface area contributed by atoms with Crippen LogP contribution in [0, 0.1) is 11.3 Å². The minimum Gasteiger partial charge on any atom is -0.260 e. The predicted octanol–water partition coefficient (Wildman–Crippen LogP) is 2.74. The van der Waals surface area contributed by atoms with Gasteiger partial charge in [0.25, 0.3) is 6.43 Å². The predicted molar refractivity (Wildman–Crippen MR) is 43.5 cm³/mol.